The minimum Gasteiger partial charge on any atom is -0.338 e. The zero-order chi connectivity index (χ0) is 21.0. The van der Waals surface area contributed by atoms with Gasteiger partial charge in [-0.25, -0.2) is 9.37 Å². The Bertz CT molecular complexity index is 1210. The normalized spacial score (nSPS) is 23.1. The second-order valence-corrected chi connectivity index (χ2v) is 8.41. The van der Waals surface area contributed by atoms with Gasteiger partial charge in [0.05, 0.1) is 0 Å². The number of carbonyl (C=O) groups is 1. The van der Waals surface area contributed by atoms with Crippen molar-refractivity contribution >= 4 is 24.0 Å². The minimum atomic E-state index is -0.334. The Labute approximate surface area is 185 Å². The van der Waals surface area contributed by atoms with Crippen LogP contribution in [0.3, 0.4) is 0 Å². The summed E-state index contributed by atoms with van der Waals surface area (Å²) in [5, 5.41) is 0. The van der Waals surface area contributed by atoms with E-state index in [0.29, 0.717) is 24.7 Å². The van der Waals surface area contributed by atoms with Crippen LogP contribution in [0.2, 0.25) is 0 Å². The van der Waals surface area contributed by atoms with Gasteiger partial charge in [0, 0.05) is 43.5 Å². The standard InChI is InChI=1S/C23H23FN4O2.ClH/c1-14-5-3-8-20-25-10-18(23(30)28(14)20)22(29)27-12-16-11-26(2)21(19(16)13-27)15-6-4-7-17(24)9-15;/h3-10,16,19,21H,11-13H2,1-2H3;1H/t16-,19+,21-;/m0./s1. The molecule has 0 aliphatic carbocycles. The molecule has 5 rings (SSSR count). The third-order valence-corrected chi connectivity index (χ3v) is 6.53. The van der Waals surface area contributed by atoms with Crippen LogP contribution in [0.25, 0.3) is 5.65 Å². The molecule has 4 heterocycles. The van der Waals surface area contributed by atoms with Crippen LogP contribution < -0.4 is 5.56 Å². The molecule has 1 amide bonds. The lowest BCUT2D eigenvalue weighted by Gasteiger charge is -2.27. The molecule has 0 radical (unpaired) electrons. The van der Waals surface area contributed by atoms with Gasteiger partial charge in [0.1, 0.15) is 17.0 Å². The van der Waals surface area contributed by atoms with E-state index in [4.69, 9.17) is 0 Å². The van der Waals surface area contributed by atoms with E-state index < -0.39 is 0 Å². The number of amides is 1. The number of rotatable bonds is 2. The Morgan fingerprint density at radius 2 is 1.90 bits per heavy atom. The summed E-state index contributed by atoms with van der Waals surface area (Å²) < 4.78 is 15.3. The van der Waals surface area contributed by atoms with E-state index in [1.165, 1.54) is 16.7 Å². The highest BCUT2D eigenvalue weighted by molar-refractivity contribution is 5.94. The number of benzene rings is 1. The molecule has 3 aromatic rings. The molecule has 0 bridgehead atoms. The van der Waals surface area contributed by atoms with Gasteiger partial charge in [0.25, 0.3) is 11.5 Å². The van der Waals surface area contributed by atoms with E-state index in [9.17, 15) is 14.0 Å². The molecule has 31 heavy (non-hydrogen) atoms. The van der Waals surface area contributed by atoms with E-state index in [-0.39, 0.29) is 47.2 Å². The lowest BCUT2D eigenvalue weighted by atomic mass is 9.89. The zero-order valence-electron chi connectivity index (χ0n) is 17.4. The van der Waals surface area contributed by atoms with Crippen LogP contribution in [-0.2, 0) is 0 Å². The Morgan fingerprint density at radius 3 is 2.68 bits per heavy atom. The molecule has 2 fully saturated rings. The average Bonchev–Trinajstić information content (AvgIpc) is 3.24. The highest BCUT2D eigenvalue weighted by Crippen LogP contribution is 2.44. The number of likely N-dealkylation sites (tertiary alicyclic amines) is 2. The number of aromatic nitrogens is 2. The van der Waals surface area contributed by atoms with Crippen molar-refractivity contribution in [2.75, 3.05) is 26.7 Å². The number of pyridine rings is 1. The van der Waals surface area contributed by atoms with Crippen LogP contribution in [0, 0.1) is 24.6 Å². The Hall–Kier alpha value is -2.77. The van der Waals surface area contributed by atoms with Gasteiger partial charge in [-0.1, -0.05) is 18.2 Å². The van der Waals surface area contributed by atoms with Gasteiger partial charge in [-0.2, -0.15) is 0 Å². The predicted octanol–water partition coefficient (Wildman–Crippen LogP) is 2.94. The van der Waals surface area contributed by atoms with Crippen molar-refractivity contribution in [3.8, 4) is 0 Å². The van der Waals surface area contributed by atoms with Crippen LogP contribution in [0.5, 0.6) is 0 Å². The third-order valence-electron chi connectivity index (χ3n) is 6.53. The molecule has 3 atom stereocenters. The SMILES string of the molecule is Cc1cccc2ncc(C(=O)N3C[C@@H]4CN(C)[C@@H](c5cccc(F)c5)[C@@H]4C3)c(=O)n12.Cl. The van der Waals surface area contributed by atoms with Crippen LogP contribution in [0.1, 0.15) is 27.7 Å². The van der Waals surface area contributed by atoms with Crippen LogP contribution >= 0.6 is 12.4 Å². The molecule has 6 nitrogen and oxygen atoms in total. The van der Waals surface area contributed by atoms with Gasteiger partial charge in [-0.05, 0) is 49.7 Å². The summed E-state index contributed by atoms with van der Waals surface area (Å²) in [7, 11) is 2.04. The average molecular weight is 443 g/mol. The fourth-order valence-electron chi connectivity index (χ4n) is 5.21. The molecule has 1 aromatic carbocycles. The first-order valence-electron chi connectivity index (χ1n) is 10.2. The molecule has 0 saturated carbocycles. The summed E-state index contributed by atoms with van der Waals surface area (Å²) in [4.78, 5) is 34.5. The predicted molar refractivity (Wildman–Crippen MR) is 118 cm³/mol. The highest BCUT2D eigenvalue weighted by Gasteiger charge is 2.47. The van der Waals surface area contributed by atoms with Gasteiger partial charge in [-0.15, -0.1) is 12.4 Å². The minimum absolute atomic E-state index is 0. The second-order valence-electron chi connectivity index (χ2n) is 8.41. The van der Waals surface area contributed by atoms with Crippen LogP contribution in [0.4, 0.5) is 4.39 Å². The van der Waals surface area contributed by atoms with Crippen LogP contribution in [0.15, 0.2) is 53.5 Å². The molecule has 0 unspecified atom stereocenters. The van der Waals surface area contributed by atoms with Crippen molar-refractivity contribution in [2.24, 2.45) is 11.8 Å². The van der Waals surface area contributed by atoms with Crippen molar-refractivity contribution < 1.29 is 9.18 Å². The first kappa shape index (κ1) is 21.5. The summed E-state index contributed by atoms with van der Waals surface area (Å²) in [6.07, 6.45) is 1.39. The number of halogens is 2. The third kappa shape index (κ3) is 3.51. The largest absolute Gasteiger partial charge is 0.338 e. The number of hydrogen-bond donors (Lipinski definition) is 0. The summed E-state index contributed by atoms with van der Waals surface area (Å²) in [6, 6.07) is 12.2. The van der Waals surface area contributed by atoms with Crippen molar-refractivity contribution in [2.45, 2.75) is 13.0 Å². The summed E-state index contributed by atoms with van der Waals surface area (Å²) in [6.45, 7) is 3.80. The molecular formula is C23H24ClFN4O2. The number of nitrogens with zero attached hydrogens (tertiary/aromatic N) is 4. The Morgan fingerprint density at radius 1 is 1.13 bits per heavy atom. The van der Waals surface area contributed by atoms with Gasteiger partial charge >= 0.3 is 0 Å². The van der Waals surface area contributed by atoms with E-state index >= 15 is 0 Å². The second kappa shape index (κ2) is 8.05. The van der Waals surface area contributed by atoms with Gasteiger partial charge in [0.2, 0.25) is 0 Å². The van der Waals surface area contributed by atoms with Gasteiger partial charge in [-0.3, -0.25) is 18.9 Å². The van der Waals surface area contributed by atoms with Crippen LogP contribution in [-0.4, -0.2) is 51.8 Å². The monoisotopic (exact) mass is 442 g/mol. The smallest absolute Gasteiger partial charge is 0.270 e. The summed E-state index contributed by atoms with van der Waals surface area (Å²) in [5.74, 6) is -0.0233. The lowest BCUT2D eigenvalue weighted by Crippen LogP contribution is -2.37. The van der Waals surface area contributed by atoms with Gasteiger partial charge < -0.3 is 4.90 Å². The molecule has 0 spiro atoms. The maximum atomic E-state index is 13.8. The molecular weight excluding hydrogens is 419 g/mol. The molecule has 0 N–H and O–H groups in total. The van der Waals surface area contributed by atoms with E-state index in [1.807, 2.05) is 32.2 Å². The molecule has 2 saturated heterocycles. The maximum absolute atomic E-state index is 13.8. The first-order valence-corrected chi connectivity index (χ1v) is 10.2. The fraction of sp³-hybridized carbons (Fsp3) is 0.348. The quantitative estimate of drug-likeness (QED) is 0.612. The Kier molecular flexibility index (Phi) is 5.58. The van der Waals surface area contributed by atoms with Crippen molar-refractivity contribution in [1.82, 2.24) is 19.2 Å². The first-order chi connectivity index (χ1) is 14.4. The molecule has 162 valence electrons. The lowest BCUT2D eigenvalue weighted by molar-refractivity contribution is 0.0765. The van der Waals surface area contributed by atoms with E-state index in [2.05, 4.69) is 9.88 Å². The van der Waals surface area contributed by atoms with Crippen molar-refractivity contribution in [3.05, 3.63) is 81.7 Å². The fourth-order valence-corrected chi connectivity index (χ4v) is 5.21. The van der Waals surface area contributed by atoms with Gasteiger partial charge in [0.15, 0.2) is 0 Å². The summed E-state index contributed by atoms with van der Waals surface area (Å²) >= 11 is 0. The van der Waals surface area contributed by atoms with Crippen molar-refractivity contribution in [3.63, 3.8) is 0 Å². The van der Waals surface area contributed by atoms with E-state index in [0.717, 1.165) is 17.8 Å². The number of aryl methyl sites for hydroxylation is 1. The molecule has 2 aliphatic heterocycles. The molecule has 2 aliphatic rings. The summed E-state index contributed by atoms with van der Waals surface area (Å²) in [5.41, 5.74) is 1.96. The number of hydrogen-bond acceptors (Lipinski definition) is 4. The Balaban J connectivity index is 0.00000231. The number of fused-ring (bicyclic) bond motifs is 2. The van der Waals surface area contributed by atoms with E-state index in [1.54, 1.807) is 23.1 Å². The molecule has 2 aromatic heterocycles. The molecule has 8 heteroatoms. The zero-order valence-corrected chi connectivity index (χ0v) is 18.2. The number of carbonyl (C=O) groups excluding carboxylic acids is 1. The highest BCUT2D eigenvalue weighted by atomic mass is 35.5. The topological polar surface area (TPSA) is 57.9 Å². The van der Waals surface area contributed by atoms with Crippen molar-refractivity contribution in [1.29, 1.82) is 0 Å². The maximum Gasteiger partial charge on any atom is 0.270 e.